The third-order valence-corrected chi connectivity index (χ3v) is 2.32. The van der Waals surface area contributed by atoms with E-state index < -0.39 is 0 Å². The summed E-state index contributed by atoms with van der Waals surface area (Å²) in [5, 5.41) is 7.49. The molecule has 3 rings (SSSR count). The Bertz CT molecular complexity index is 663. The van der Waals surface area contributed by atoms with Crippen LogP contribution in [0.4, 0.5) is 0 Å². The summed E-state index contributed by atoms with van der Waals surface area (Å²) < 4.78 is 5.58. The van der Waals surface area contributed by atoms with Crippen molar-refractivity contribution in [2.75, 3.05) is 0 Å². The van der Waals surface area contributed by atoms with Crippen LogP contribution < -0.4 is 5.49 Å². The molecule has 0 radical (unpaired) electrons. The van der Waals surface area contributed by atoms with Gasteiger partial charge in [-0.2, -0.15) is 0 Å². The van der Waals surface area contributed by atoms with E-state index in [0.717, 1.165) is 11.1 Å². The smallest absolute Gasteiger partial charge is 0.244 e. The van der Waals surface area contributed by atoms with Crippen molar-refractivity contribution >= 4 is 11.1 Å². The molecule has 4 heteroatoms. The molecule has 16 heavy (non-hydrogen) atoms. The maximum atomic E-state index is 7.49. The summed E-state index contributed by atoms with van der Waals surface area (Å²) >= 11 is 0. The SMILES string of the molecule is N=c1cccc(-c2nc3ccccc3o2)[nH]1. The molecule has 0 atom stereocenters. The fourth-order valence-electron chi connectivity index (χ4n) is 1.58. The summed E-state index contributed by atoms with van der Waals surface area (Å²) in [4.78, 5) is 7.24. The van der Waals surface area contributed by atoms with E-state index in [1.807, 2.05) is 30.3 Å². The minimum Gasteiger partial charge on any atom is -0.435 e. The molecule has 0 saturated carbocycles. The Labute approximate surface area is 91.1 Å². The molecular weight excluding hydrogens is 202 g/mol. The van der Waals surface area contributed by atoms with Gasteiger partial charge in [0.05, 0.1) is 0 Å². The molecule has 0 spiro atoms. The number of H-pyrrole nitrogens is 1. The van der Waals surface area contributed by atoms with E-state index in [9.17, 15) is 0 Å². The topological polar surface area (TPSA) is 65.7 Å². The van der Waals surface area contributed by atoms with Gasteiger partial charge in [0.15, 0.2) is 5.58 Å². The number of rotatable bonds is 1. The molecule has 78 valence electrons. The van der Waals surface area contributed by atoms with Gasteiger partial charge < -0.3 is 9.40 Å². The van der Waals surface area contributed by atoms with Crippen molar-refractivity contribution in [2.24, 2.45) is 0 Å². The van der Waals surface area contributed by atoms with Crippen molar-refractivity contribution in [2.45, 2.75) is 0 Å². The first kappa shape index (κ1) is 8.91. The van der Waals surface area contributed by atoms with Crippen molar-refractivity contribution in [3.63, 3.8) is 0 Å². The lowest BCUT2D eigenvalue weighted by Gasteiger charge is -1.93. The third-order valence-electron chi connectivity index (χ3n) is 2.32. The third kappa shape index (κ3) is 1.40. The number of fused-ring (bicyclic) bond motifs is 1. The molecule has 1 aromatic carbocycles. The Morgan fingerprint density at radius 2 is 1.94 bits per heavy atom. The number of nitrogens with zero attached hydrogens (tertiary/aromatic N) is 1. The molecule has 2 aromatic heterocycles. The van der Waals surface area contributed by atoms with Gasteiger partial charge in [0.25, 0.3) is 0 Å². The molecule has 0 aliphatic heterocycles. The van der Waals surface area contributed by atoms with Crippen LogP contribution in [0.15, 0.2) is 46.9 Å². The first-order valence-corrected chi connectivity index (χ1v) is 4.93. The van der Waals surface area contributed by atoms with Gasteiger partial charge in [-0.25, -0.2) is 4.98 Å². The molecule has 0 aliphatic rings. The molecule has 0 aliphatic carbocycles. The van der Waals surface area contributed by atoms with Crippen LogP contribution in [-0.4, -0.2) is 9.97 Å². The minimum atomic E-state index is 0.333. The van der Waals surface area contributed by atoms with E-state index in [-0.39, 0.29) is 0 Å². The van der Waals surface area contributed by atoms with Crippen LogP contribution in [0.1, 0.15) is 0 Å². The van der Waals surface area contributed by atoms with Crippen LogP contribution in [0.2, 0.25) is 0 Å². The number of hydrogen-bond acceptors (Lipinski definition) is 3. The summed E-state index contributed by atoms with van der Waals surface area (Å²) in [6.45, 7) is 0. The molecule has 2 N–H and O–H groups in total. The van der Waals surface area contributed by atoms with E-state index in [0.29, 0.717) is 17.1 Å². The fourth-order valence-corrected chi connectivity index (χ4v) is 1.58. The summed E-state index contributed by atoms with van der Waals surface area (Å²) in [5.41, 5.74) is 2.62. The summed E-state index contributed by atoms with van der Waals surface area (Å²) in [7, 11) is 0. The highest BCUT2D eigenvalue weighted by Crippen LogP contribution is 2.21. The van der Waals surface area contributed by atoms with Crippen molar-refractivity contribution in [3.05, 3.63) is 48.0 Å². The van der Waals surface area contributed by atoms with Gasteiger partial charge in [0, 0.05) is 0 Å². The predicted octanol–water partition coefficient (Wildman–Crippen LogP) is 2.30. The molecule has 2 heterocycles. The normalized spacial score (nSPS) is 10.8. The Morgan fingerprint density at radius 1 is 1.06 bits per heavy atom. The standard InChI is InChI=1S/C12H9N3O/c13-11-7-3-5-9(14-11)12-15-8-4-1-2-6-10(8)16-12/h1-7H,(H2,13,14). The monoisotopic (exact) mass is 211 g/mol. The second kappa shape index (κ2) is 3.34. The zero-order chi connectivity index (χ0) is 11.0. The summed E-state index contributed by atoms with van der Waals surface area (Å²) in [5.74, 6) is 0.510. The van der Waals surface area contributed by atoms with Gasteiger partial charge in [-0.1, -0.05) is 18.2 Å². The van der Waals surface area contributed by atoms with Crippen molar-refractivity contribution in [3.8, 4) is 11.6 Å². The molecule has 3 aromatic rings. The van der Waals surface area contributed by atoms with Crippen LogP contribution in [-0.2, 0) is 0 Å². The van der Waals surface area contributed by atoms with Gasteiger partial charge in [-0.15, -0.1) is 0 Å². The van der Waals surface area contributed by atoms with E-state index >= 15 is 0 Å². The second-order valence-electron chi connectivity index (χ2n) is 3.46. The van der Waals surface area contributed by atoms with E-state index in [1.54, 1.807) is 12.1 Å². The molecule has 0 amide bonds. The van der Waals surface area contributed by atoms with Gasteiger partial charge in [-0.05, 0) is 24.3 Å². The summed E-state index contributed by atoms with van der Waals surface area (Å²) in [6, 6.07) is 12.9. The number of oxazole rings is 1. The van der Waals surface area contributed by atoms with Crippen LogP contribution in [0.25, 0.3) is 22.7 Å². The molecule has 0 unspecified atom stereocenters. The van der Waals surface area contributed by atoms with E-state index in [4.69, 9.17) is 9.83 Å². The number of aromatic amines is 1. The Morgan fingerprint density at radius 3 is 2.75 bits per heavy atom. The molecule has 0 fully saturated rings. The number of hydrogen-bond donors (Lipinski definition) is 2. The van der Waals surface area contributed by atoms with E-state index in [2.05, 4.69) is 9.97 Å². The molecule has 0 bridgehead atoms. The lowest BCUT2D eigenvalue weighted by molar-refractivity contribution is 0.616. The lowest BCUT2D eigenvalue weighted by atomic mass is 10.3. The number of benzene rings is 1. The average molecular weight is 211 g/mol. The van der Waals surface area contributed by atoms with Crippen LogP contribution >= 0.6 is 0 Å². The quantitative estimate of drug-likeness (QED) is 0.648. The first-order valence-electron chi connectivity index (χ1n) is 4.93. The van der Waals surface area contributed by atoms with Crippen molar-refractivity contribution in [1.29, 1.82) is 5.41 Å². The Kier molecular flexibility index (Phi) is 1.86. The number of aromatic nitrogens is 2. The van der Waals surface area contributed by atoms with Crippen LogP contribution in [0, 0.1) is 5.41 Å². The maximum absolute atomic E-state index is 7.49. The number of pyridine rings is 1. The Hall–Kier alpha value is -2.36. The number of para-hydroxylation sites is 2. The lowest BCUT2D eigenvalue weighted by Crippen LogP contribution is -2.03. The second-order valence-corrected chi connectivity index (χ2v) is 3.46. The summed E-state index contributed by atoms with van der Waals surface area (Å²) in [6.07, 6.45) is 0. The highest BCUT2D eigenvalue weighted by atomic mass is 16.3. The van der Waals surface area contributed by atoms with Crippen LogP contribution in [0.3, 0.4) is 0 Å². The molecular formula is C12H9N3O. The highest BCUT2D eigenvalue weighted by Gasteiger charge is 2.06. The maximum Gasteiger partial charge on any atom is 0.244 e. The Balaban J connectivity index is 2.23. The zero-order valence-electron chi connectivity index (χ0n) is 8.40. The van der Waals surface area contributed by atoms with Gasteiger partial charge in [-0.3, -0.25) is 5.41 Å². The van der Waals surface area contributed by atoms with Crippen molar-refractivity contribution < 1.29 is 4.42 Å². The van der Waals surface area contributed by atoms with Gasteiger partial charge >= 0.3 is 0 Å². The highest BCUT2D eigenvalue weighted by molar-refractivity contribution is 5.75. The van der Waals surface area contributed by atoms with E-state index in [1.165, 1.54) is 0 Å². The predicted molar refractivity (Wildman–Crippen MR) is 59.7 cm³/mol. The van der Waals surface area contributed by atoms with Gasteiger partial charge in [0.1, 0.15) is 16.7 Å². The molecule has 4 nitrogen and oxygen atoms in total. The minimum absolute atomic E-state index is 0.333. The van der Waals surface area contributed by atoms with Crippen LogP contribution in [0.5, 0.6) is 0 Å². The van der Waals surface area contributed by atoms with Crippen molar-refractivity contribution in [1.82, 2.24) is 9.97 Å². The molecule has 0 saturated heterocycles. The average Bonchev–Trinajstić information content (AvgIpc) is 2.72. The van der Waals surface area contributed by atoms with Gasteiger partial charge in [0.2, 0.25) is 5.89 Å². The fraction of sp³-hybridized carbons (Fsp3) is 0. The number of nitrogens with one attached hydrogen (secondary N) is 2. The first-order chi connectivity index (χ1) is 7.83. The largest absolute Gasteiger partial charge is 0.435 e. The zero-order valence-corrected chi connectivity index (χ0v) is 8.40.